The number of hydrogen-bond acceptors (Lipinski definition) is 5. The average molecular weight is 367 g/mol. The summed E-state index contributed by atoms with van der Waals surface area (Å²) in [5, 5.41) is 6.02. The van der Waals surface area contributed by atoms with E-state index in [-0.39, 0.29) is 6.54 Å². The van der Waals surface area contributed by atoms with Crippen molar-refractivity contribution in [3.8, 4) is 11.3 Å². The summed E-state index contributed by atoms with van der Waals surface area (Å²) in [6, 6.07) is 9.08. The fourth-order valence-electron chi connectivity index (χ4n) is 2.62. The van der Waals surface area contributed by atoms with Crippen molar-refractivity contribution in [1.29, 1.82) is 0 Å². The molecule has 0 saturated heterocycles. The summed E-state index contributed by atoms with van der Waals surface area (Å²) in [7, 11) is 0. The Morgan fingerprint density at radius 2 is 2.08 bits per heavy atom. The van der Waals surface area contributed by atoms with E-state index < -0.39 is 17.2 Å². The number of aromatic amines is 2. The number of benzene rings is 1. The maximum absolute atomic E-state index is 12.1. The lowest BCUT2D eigenvalue weighted by molar-refractivity contribution is -0.116. The van der Waals surface area contributed by atoms with Gasteiger partial charge < -0.3 is 10.3 Å². The number of thiazole rings is 1. The number of amides is 1. The van der Waals surface area contributed by atoms with Gasteiger partial charge in [0.05, 0.1) is 5.69 Å². The number of carbonyl (C=O) groups is 1. The summed E-state index contributed by atoms with van der Waals surface area (Å²) in [6.07, 6.45) is 3.16. The Kier molecular flexibility index (Phi) is 3.98. The molecule has 4 rings (SSSR count). The zero-order chi connectivity index (χ0) is 18.1. The van der Waals surface area contributed by atoms with Crippen molar-refractivity contribution in [2.24, 2.45) is 0 Å². The van der Waals surface area contributed by atoms with Gasteiger partial charge in [0.2, 0.25) is 5.91 Å². The van der Waals surface area contributed by atoms with Gasteiger partial charge in [-0.25, -0.2) is 9.78 Å². The van der Waals surface area contributed by atoms with E-state index in [1.807, 2.05) is 35.8 Å². The molecule has 26 heavy (non-hydrogen) atoms. The van der Waals surface area contributed by atoms with E-state index >= 15 is 0 Å². The van der Waals surface area contributed by atoms with E-state index in [2.05, 4.69) is 20.3 Å². The van der Waals surface area contributed by atoms with Gasteiger partial charge in [-0.05, 0) is 6.07 Å². The number of H-pyrrole nitrogens is 2. The van der Waals surface area contributed by atoms with Crippen LogP contribution in [0.15, 0.2) is 57.7 Å². The highest BCUT2D eigenvalue weighted by Crippen LogP contribution is 2.30. The van der Waals surface area contributed by atoms with E-state index in [0.29, 0.717) is 5.13 Å². The van der Waals surface area contributed by atoms with E-state index in [0.717, 1.165) is 26.7 Å². The number of aromatic nitrogens is 4. The maximum atomic E-state index is 12.1. The van der Waals surface area contributed by atoms with Gasteiger partial charge in [0.25, 0.3) is 5.56 Å². The summed E-state index contributed by atoms with van der Waals surface area (Å²) < 4.78 is 1.12. The topological polar surface area (TPSA) is 113 Å². The van der Waals surface area contributed by atoms with Gasteiger partial charge in [0.1, 0.15) is 6.54 Å². The van der Waals surface area contributed by atoms with Crippen LogP contribution >= 0.6 is 11.3 Å². The molecule has 0 fully saturated rings. The number of rotatable bonds is 4. The van der Waals surface area contributed by atoms with Crippen LogP contribution in [-0.2, 0) is 11.3 Å². The van der Waals surface area contributed by atoms with Crippen molar-refractivity contribution in [1.82, 2.24) is 19.5 Å². The Bertz CT molecular complexity index is 1220. The van der Waals surface area contributed by atoms with Crippen molar-refractivity contribution in [3.05, 3.63) is 68.9 Å². The monoisotopic (exact) mass is 367 g/mol. The first-order valence-electron chi connectivity index (χ1n) is 7.72. The molecule has 0 unspecified atom stereocenters. The number of para-hydroxylation sites is 1. The molecule has 1 aromatic carbocycles. The minimum atomic E-state index is -0.633. The molecule has 1 amide bonds. The molecular weight excluding hydrogens is 354 g/mol. The summed E-state index contributed by atoms with van der Waals surface area (Å²) in [5.41, 5.74) is 1.58. The van der Waals surface area contributed by atoms with Gasteiger partial charge in [-0.1, -0.05) is 18.2 Å². The van der Waals surface area contributed by atoms with Crippen LogP contribution in [0.25, 0.3) is 22.2 Å². The lowest BCUT2D eigenvalue weighted by atomic mass is 10.1. The minimum Gasteiger partial charge on any atom is -0.360 e. The smallest absolute Gasteiger partial charge is 0.328 e. The normalized spacial score (nSPS) is 10.9. The molecule has 3 aromatic heterocycles. The average Bonchev–Trinajstić information content (AvgIpc) is 3.24. The molecule has 3 heterocycles. The Morgan fingerprint density at radius 3 is 2.92 bits per heavy atom. The first kappa shape index (κ1) is 16.0. The Balaban J connectivity index is 1.52. The third kappa shape index (κ3) is 3.07. The van der Waals surface area contributed by atoms with Gasteiger partial charge >= 0.3 is 5.69 Å². The fraction of sp³-hybridized carbons (Fsp3) is 0.0588. The van der Waals surface area contributed by atoms with Crippen LogP contribution in [0.4, 0.5) is 5.13 Å². The maximum Gasteiger partial charge on any atom is 0.328 e. The molecule has 0 aliphatic heterocycles. The Labute approximate surface area is 150 Å². The molecule has 0 atom stereocenters. The molecule has 0 spiro atoms. The van der Waals surface area contributed by atoms with Crippen LogP contribution in [0.1, 0.15) is 0 Å². The van der Waals surface area contributed by atoms with Crippen molar-refractivity contribution in [3.63, 3.8) is 0 Å². The van der Waals surface area contributed by atoms with Crippen LogP contribution in [0.2, 0.25) is 0 Å². The molecule has 0 bridgehead atoms. The highest BCUT2D eigenvalue weighted by molar-refractivity contribution is 7.14. The third-order valence-corrected chi connectivity index (χ3v) is 4.58. The van der Waals surface area contributed by atoms with Gasteiger partial charge in [-0.3, -0.25) is 19.1 Å². The highest BCUT2D eigenvalue weighted by Gasteiger charge is 2.12. The number of fused-ring (bicyclic) bond motifs is 1. The molecule has 8 nitrogen and oxygen atoms in total. The van der Waals surface area contributed by atoms with Crippen molar-refractivity contribution in [2.75, 3.05) is 5.32 Å². The highest BCUT2D eigenvalue weighted by atomic mass is 32.1. The SMILES string of the molecule is O=C(Cn1ccc(=O)[nH]c1=O)Nc1nc(-c2c[nH]c3ccccc23)cs1. The summed E-state index contributed by atoms with van der Waals surface area (Å²) in [5.74, 6) is -0.404. The molecular formula is C17H13N5O3S. The Morgan fingerprint density at radius 1 is 1.23 bits per heavy atom. The first-order chi connectivity index (χ1) is 12.6. The fourth-order valence-corrected chi connectivity index (χ4v) is 3.35. The molecule has 9 heteroatoms. The van der Waals surface area contributed by atoms with Gasteiger partial charge in [0, 0.05) is 40.3 Å². The second kappa shape index (κ2) is 6.45. The van der Waals surface area contributed by atoms with Crippen molar-refractivity contribution < 1.29 is 4.79 Å². The zero-order valence-electron chi connectivity index (χ0n) is 13.4. The quantitative estimate of drug-likeness (QED) is 0.510. The van der Waals surface area contributed by atoms with E-state index in [4.69, 9.17) is 0 Å². The zero-order valence-corrected chi connectivity index (χ0v) is 14.2. The number of hydrogen-bond donors (Lipinski definition) is 3. The van der Waals surface area contributed by atoms with Crippen LogP contribution < -0.4 is 16.6 Å². The number of nitrogens with zero attached hydrogens (tertiary/aromatic N) is 2. The first-order valence-corrected chi connectivity index (χ1v) is 8.60. The molecule has 130 valence electrons. The van der Waals surface area contributed by atoms with E-state index in [1.54, 1.807) is 0 Å². The predicted octanol–water partition coefficient (Wildman–Crippen LogP) is 1.78. The molecule has 4 aromatic rings. The van der Waals surface area contributed by atoms with Crippen LogP contribution in [0, 0.1) is 0 Å². The summed E-state index contributed by atoms with van der Waals surface area (Å²) in [4.78, 5) is 44.5. The van der Waals surface area contributed by atoms with Crippen molar-refractivity contribution >= 4 is 33.3 Å². The second-order valence-corrected chi connectivity index (χ2v) is 6.43. The van der Waals surface area contributed by atoms with Crippen molar-refractivity contribution in [2.45, 2.75) is 6.54 Å². The van der Waals surface area contributed by atoms with Crippen LogP contribution in [0.3, 0.4) is 0 Å². The van der Waals surface area contributed by atoms with Gasteiger partial charge in [-0.2, -0.15) is 0 Å². The van der Waals surface area contributed by atoms with Crippen LogP contribution in [0.5, 0.6) is 0 Å². The molecule has 0 saturated carbocycles. The van der Waals surface area contributed by atoms with Gasteiger partial charge in [-0.15, -0.1) is 11.3 Å². The standard InChI is InChI=1S/C17H13N5O3S/c23-14-5-6-22(17(25)21-14)8-15(24)20-16-19-13(9-26-16)11-7-18-12-4-2-1-3-10(11)12/h1-7,9,18H,8H2,(H,19,20,24)(H,21,23,25). The number of anilines is 1. The minimum absolute atomic E-state index is 0.211. The van der Waals surface area contributed by atoms with Gasteiger partial charge in [0.15, 0.2) is 5.13 Å². The predicted molar refractivity (Wildman–Crippen MR) is 99.4 cm³/mol. The largest absolute Gasteiger partial charge is 0.360 e. The lowest BCUT2D eigenvalue weighted by Gasteiger charge is -2.04. The summed E-state index contributed by atoms with van der Waals surface area (Å²) in [6.45, 7) is -0.211. The molecule has 3 N–H and O–H groups in total. The summed E-state index contributed by atoms with van der Waals surface area (Å²) >= 11 is 1.30. The van der Waals surface area contributed by atoms with E-state index in [1.165, 1.54) is 23.6 Å². The third-order valence-electron chi connectivity index (χ3n) is 3.83. The Hall–Kier alpha value is -3.46. The number of carbonyl (C=O) groups excluding carboxylic acids is 1. The number of nitrogens with one attached hydrogen (secondary N) is 3. The molecule has 0 aliphatic carbocycles. The molecule has 0 aliphatic rings. The van der Waals surface area contributed by atoms with E-state index in [9.17, 15) is 14.4 Å². The van der Waals surface area contributed by atoms with Crippen LogP contribution in [-0.4, -0.2) is 25.4 Å². The second-order valence-electron chi connectivity index (χ2n) is 5.57. The lowest BCUT2D eigenvalue weighted by Crippen LogP contribution is -2.32. The molecule has 0 radical (unpaired) electrons.